The van der Waals surface area contributed by atoms with Crippen molar-refractivity contribution in [2.45, 2.75) is 0 Å². The molecule has 0 spiro atoms. The minimum absolute atomic E-state index is 0.643. The Morgan fingerprint density at radius 2 is 0.938 bits per heavy atom. The molecule has 2 aromatic heterocycles. The van der Waals surface area contributed by atoms with Crippen molar-refractivity contribution in [1.29, 1.82) is 0 Å². The number of rotatable bonds is 3. The second kappa shape index (κ2) is 10.5. The van der Waals surface area contributed by atoms with E-state index in [1.165, 1.54) is 43.1 Å². The van der Waals surface area contributed by atoms with E-state index < -0.39 is 0 Å². The van der Waals surface area contributed by atoms with Gasteiger partial charge in [-0.05, 0) is 77.4 Å². The second-order valence-corrected chi connectivity index (χ2v) is 12.3. The molecule has 0 bridgehead atoms. The van der Waals surface area contributed by atoms with Crippen LogP contribution in [-0.4, -0.2) is 19.9 Å². The van der Waals surface area contributed by atoms with Gasteiger partial charge < -0.3 is 0 Å². The van der Waals surface area contributed by atoms with E-state index >= 15 is 0 Å². The van der Waals surface area contributed by atoms with Crippen molar-refractivity contribution in [3.63, 3.8) is 0 Å². The van der Waals surface area contributed by atoms with E-state index in [0.29, 0.717) is 17.5 Å². The number of aromatic nitrogens is 4. The lowest BCUT2D eigenvalue weighted by Crippen LogP contribution is -2.01. The topological polar surface area (TPSA) is 51.6 Å². The van der Waals surface area contributed by atoms with Gasteiger partial charge in [0.15, 0.2) is 17.5 Å². The quantitative estimate of drug-likeness (QED) is 0.187. The average Bonchev–Trinajstić information content (AvgIpc) is 3.16. The van der Waals surface area contributed by atoms with Crippen molar-refractivity contribution in [3.05, 3.63) is 158 Å². The number of hydrogen-bond acceptors (Lipinski definition) is 4. The molecule has 2 heterocycles. The Hall–Kier alpha value is -6.52. The van der Waals surface area contributed by atoms with Crippen LogP contribution in [0.5, 0.6) is 0 Å². The predicted octanol–water partition coefficient (Wildman–Crippen LogP) is 11.2. The van der Waals surface area contributed by atoms with Crippen LogP contribution in [0.25, 0.3) is 98.8 Å². The first-order chi connectivity index (χ1) is 23.8. The van der Waals surface area contributed by atoms with E-state index in [1.54, 1.807) is 0 Å². The molecule has 10 rings (SSSR count). The summed E-state index contributed by atoms with van der Waals surface area (Å²) in [4.78, 5) is 20.0. The molecule has 0 unspecified atom stereocenters. The maximum atomic E-state index is 5.21. The normalized spacial score (nSPS) is 11.8. The summed E-state index contributed by atoms with van der Waals surface area (Å²) in [6.07, 6.45) is 3.81. The first kappa shape index (κ1) is 26.7. The minimum Gasteiger partial charge on any atom is -0.264 e. The molecule has 4 heteroatoms. The molecule has 0 aliphatic rings. The largest absolute Gasteiger partial charge is 0.264 e. The van der Waals surface area contributed by atoms with Crippen LogP contribution in [0.1, 0.15) is 0 Å². The molecule has 222 valence electrons. The highest BCUT2D eigenvalue weighted by atomic mass is 15.0. The molecule has 4 nitrogen and oxygen atoms in total. The maximum Gasteiger partial charge on any atom is 0.164 e. The summed E-state index contributed by atoms with van der Waals surface area (Å²) in [7, 11) is 0. The molecule has 0 amide bonds. The Labute approximate surface area is 276 Å². The number of benzene rings is 8. The van der Waals surface area contributed by atoms with Gasteiger partial charge in [-0.3, -0.25) is 4.98 Å². The van der Waals surface area contributed by atoms with Gasteiger partial charge >= 0.3 is 0 Å². The van der Waals surface area contributed by atoms with E-state index in [2.05, 4.69) is 151 Å². The van der Waals surface area contributed by atoms with Crippen molar-refractivity contribution in [1.82, 2.24) is 19.9 Å². The summed E-state index contributed by atoms with van der Waals surface area (Å²) < 4.78 is 0. The number of pyridine rings is 1. The van der Waals surface area contributed by atoms with Crippen LogP contribution in [0, 0.1) is 0 Å². The lowest BCUT2D eigenvalue weighted by atomic mass is 9.95. The number of fused-ring (bicyclic) bond motifs is 9. The van der Waals surface area contributed by atoms with Gasteiger partial charge in [0.2, 0.25) is 0 Å². The Bertz CT molecular complexity index is 2910. The van der Waals surface area contributed by atoms with Gasteiger partial charge in [-0.1, -0.05) is 127 Å². The molecular formula is C44H26N4. The van der Waals surface area contributed by atoms with Crippen LogP contribution >= 0.6 is 0 Å². The van der Waals surface area contributed by atoms with Gasteiger partial charge in [0.05, 0.1) is 0 Å². The van der Waals surface area contributed by atoms with E-state index in [0.717, 1.165) is 38.2 Å². The first-order valence-electron chi connectivity index (χ1n) is 16.1. The summed E-state index contributed by atoms with van der Waals surface area (Å²) in [5.74, 6) is 1.93. The van der Waals surface area contributed by atoms with Gasteiger partial charge in [-0.2, -0.15) is 0 Å². The molecule has 0 fully saturated rings. The summed E-state index contributed by atoms with van der Waals surface area (Å²) in [6, 6.07) is 51.4. The zero-order chi connectivity index (χ0) is 31.6. The Balaban J connectivity index is 1.24. The highest BCUT2D eigenvalue weighted by Gasteiger charge is 2.17. The van der Waals surface area contributed by atoms with Crippen LogP contribution in [0.4, 0.5) is 0 Å². The first-order valence-corrected chi connectivity index (χ1v) is 16.1. The molecule has 0 atom stereocenters. The fourth-order valence-electron chi connectivity index (χ4n) is 7.17. The predicted molar refractivity (Wildman–Crippen MR) is 199 cm³/mol. The van der Waals surface area contributed by atoms with E-state index in [1.807, 2.05) is 12.4 Å². The minimum atomic E-state index is 0.643. The highest BCUT2D eigenvalue weighted by molar-refractivity contribution is 6.21. The van der Waals surface area contributed by atoms with Crippen molar-refractivity contribution in [2.75, 3.05) is 0 Å². The molecule has 48 heavy (non-hydrogen) atoms. The maximum absolute atomic E-state index is 5.21. The van der Waals surface area contributed by atoms with Crippen LogP contribution in [0.3, 0.4) is 0 Å². The zero-order valence-electron chi connectivity index (χ0n) is 25.8. The fraction of sp³-hybridized carbons (Fsp3) is 0. The molecule has 0 aliphatic carbocycles. The van der Waals surface area contributed by atoms with Crippen molar-refractivity contribution in [2.24, 2.45) is 0 Å². The summed E-state index contributed by atoms with van der Waals surface area (Å²) in [5, 5.41) is 14.0. The highest BCUT2D eigenvalue weighted by Crippen LogP contribution is 2.37. The third kappa shape index (κ3) is 4.24. The van der Waals surface area contributed by atoms with Gasteiger partial charge in [0.1, 0.15) is 0 Å². The SMILES string of the molecule is c1ccc2cc(-c3nc(-c4ccc5ccc6ccccc6c5c4)nc(-c4cccc5c4ccc4ccc6ccncc6c45)n3)ccc2c1. The second-order valence-electron chi connectivity index (χ2n) is 12.3. The number of nitrogens with zero attached hydrogens (tertiary/aromatic N) is 4. The third-order valence-corrected chi connectivity index (χ3v) is 9.55. The Kier molecular flexibility index (Phi) is 5.84. The monoisotopic (exact) mass is 610 g/mol. The van der Waals surface area contributed by atoms with Gasteiger partial charge in [-0.25, -0.2) is 15.0 Å². The smallest absolute Gasteiger partial charge is 0.164 e. The van der Waals surface area contributed by atoms with Crippen LogP contribution < -0.4 is 0 Å². The van der Waals surface area contributed by atoms with Gasteiger partial charge in [-0.15, -0.1) is 0 Å². The average molecular weight is 611 g/mol. The van der Waals surface area contributed by atoms with Gasteiger partial charge in [0.25, 0.3) is 0 Å². The molecule has 0 N–H and O–H groups in total. The molecule has 10 aromatic rings. The van der Waals surface area contributed by atoms with Crippen LogP contribution in [0.15, 0.2) is 158 Å². The number of hydrogen-bond donors (Lipinski definition) is 0. The van der Waals surface area contributed by atoms with Gasteiger partial charge in [0, 0.05) is 34.5 Å². The fourth-order valence-corrected chi connectivity index (χ4v) is 7.17. The van der Waals surface area contributed by atoms with Crippen LogP contribution in [0.2, 0.25) is 0 Å². The van der Waals surface area contributed by atoms with E-state index in [4.69, 9.17) is 15.0 Å². The van der Waals surface area contributed by atoms with Crippen LogP contribution in [-0.2, 0) is 0 Å². The Morgan fingerprint density at radius 1 is 0.333 bits per heavy atom. The third-order valence-electron chi connectivity index (χ3n) is 9.55. The standard InChI is InChI=1S/C44H26N4/c1-2-8-32-24-33(18-12-27(32)6-1)42-46-43(34-19-16-29-14-13-28-7-3-4-9-35(28)39(29)25-34)48-44(47-42)38-11-5-10-37-36(38)21-20-31-17-15-30-22-23-45-26-40(30)41(31)37/h1-26H. The van der Waals surface area contributed by atoms with E-state index in [-0.39, 0.29) is 0 Å². The van der Waals surface area contributed by atoms with Crippen molar-refractivity contribution < 1.29 is 0 Å². The zero-order valence-corrected chi connectivity index (χ0v) is 25.8. The molecule has 0 saturated heterocycles. The lowest BCUT2D eigenvalue weighted by molar-refractivity contribution is 1.08. The summed E-state index contributed by atoms with van der Waals surface area (Å²) in [6.45, 7) is 0. The van der Waals surface area contributed by atoms with Crippen molar-refractivity contribution >= 4 is 64.6 Å². The lowest BCUT2D eigenvalue weighted by Gasteiger charge is -2.13. The van der Waals surface area contributed by atoms with Crippen molar-refractivity contribution in [3.8, 4) is 34.2 Å². The molecule has 0 aliphatic heterocycles. The summed E-state index contributed by atoms with van der Waals surface area (Å²) in [5.41, 5.74) is 2.87. The molecule has 0 saturated carbocycles. The molecular weight excluding hydrogens is 585 g/mol. The molecule has 8 aromatic carbocycles. The van der Waals surface area contributed by atoms with E-state index in [9.17, 15) is 0 Å². The Morgan fingerprint density at radius 3 is 1.79 bits per heavy atom. The molecule has 0 radical (unpaired) electrons. The summed E-state index contributed by atoms with van der Waals surface area (Å²) >= 11 is 0.